The minimum absolute atomic E-state index is 0.202. The van der Waals surface area contributed by atoms with Crippen molar-refractivity contribution in [1.82, 2.24) is 4.98 Å². The highest BCUT2D eigenvalue weighted by Gasteiger charge is 2.08. The lowest BCUT2D eigenvalue weighted by atomic mass is 10.1. The number of thiazole rings is 1. The zero-order valence-electron chi connectivity index (χ0n) is 8.18. The number of benzene rings is 1. The monoisotopic (exact) mass is 253 g/mol. The third-order valence-electron chi connectivity index (χ3n) is 2.13. The SMILES string of the molecule is O=C(O)c1ccc(Cc2nccs2)c(Cl)c1. The molecule has 0 aliphatic heterocycles. The van der Waals surface area contributed by atoms with E-state index in [4.69, 9.17) is 16.7 Å². The fourth-order valence-corrected chi connectivity index (χ4v) is 2.21. The molecule has 0 radical (unpaired) electrons. The molecule has 0 atom stereocenters. The van der Waals surface area contributed by atoms with E-state index in [9.17, 15) is 4.79 Å². The summed E-state index contributed by atoms with van der Waals surface area (Å²) < 4.78 is 0. The molecule has 3 nitrogen and oxygen atoms in total. The molecule has 0 bridgehead atoms. The Morgan fingerprint density at radius 1 is 1.50 bits per heavy atom. The summed E-state index contributed by atoms with van der Waals surface area (Å²) in [5.41, 5.74) is 1.09. The van der Waals surface area contributed by atoms with Crippen LogP contribution in [0, 0.1) is 0 Å². The quantitative estimate of drug-likeness (QED) is 0.915. The number of hydrogen-bond acceptors (Lipinski definition) is 3. The second-order valence-electron chi connectivity index (χ2n) is 3.21. The number of nitrogens with zero attached hydrogens (tertiary/aromatic N) is 1. The first-order valence-electron chi connectivity index (χ1n) is 4.57. The van der Waals surface area contributed by atoms with Gasteiger partial charge in [-0.25, -0.2) is 9.78 Å². The number of hydrogen-bond donors (Lipinski definition) is 1. The maximum Gasteiger partial charge on any atom is 0.335 e. The molecule has 0 aliphatic rings. The molecule has 0 unspecified atom stereocenters. The van der Waals surface area contributed by atoms with Crippen molar-refractivity contribution in [2.24, 2.45) is 0 Å². The van der Waals surface area contributed by atoms with E-state index in [-0.39, 0.29) is 5.56 Å². The number of aromatic carboxylic acids is 1. The van der Waals surface area contributed by atoms with Crippen molar-refractivity contribution in [3.05, 3.63) is 50.9 Å². The summed E-state index contributed by atoms with van der Waals surface area (Å²) in [7, 11) is 0. The van der Waals surface area contributed by atoms with Crippen LogP contribution in [0.5, 0.6) is 0 Å². The maximum atomic E-state index is 10.7. The minimum Gasteiger partial charge on any atom is -0.478 e. The molecule has 2 aromatic rings. The molecule has 1 aromatic carbocycles. The van der Waals surface area contributed by atoms with E-state index in [1.807, 2.05) is 5.38 Å². The standard InChI is InChI=1S/C11H8ClNO2S/c12-9-5-8(11(14)15)2-1-7(9)6-10-13-3-4-16-10/h1-5H,6H2,(H,14,15). The van der Waals surface area contributed by atoms with Crippen LogP contribution in [0.1, 0.15) is 20.9 Å². The van der Waals surface area contributed by atoms with Gasteiger partial charge in [-0.05, 0) is 17.7 Å². The molecule has 0 saturated carbocycles. The summed E-state index contributed by atoms with van der Waals surface area (Å²) >= 11 is 7.55. The maximum absolute atomic E-state index is 10.7. The van der Waals surface area contributed by atoms with Gasteiger partial charge >= 0.3 is 5.97 Å². The highest BCUT2D eigenvalue weighted by Crippen LogP contribution is 2.21. The molecule has 2 rings (SSSR count). The molecule has 1 aromatic heterocycles. The van der Waals surface area contributed by atoms with Gasteiger partial charge in [0.1, 0.15) is 0 Å². The summed E-state index contributed by atoms with van der Waals surface area (Å²) in [6.07, 6.45) is 2.37. The molecule has 82 valence electrons. The predicted molar refractivity (Wildman–Crippen MR) is 63.3 cm³/mol. The first-order chi connectivity index (χ1) is 7.66. The Kier molecular flexibility index (Phi) is 3.22. The van der Waals surface area contributed by atoms with E-state index in [0.29, 0.717) is 11.4 Å². The molecule has 1 N–H and O–H groups in total. The van der Waals surface area contributed by atoms with Gasteiger partial charge in [-0.15, -0.1) is 11.3 Å². The third kappa shape index (κ3) is 2.40. The second-order valence-corrected chi connectivity index (χ2v) is 4.60. The van der Waals surface area contributed by atoms with Gasteiger partial charge in [0.2, 0.25) is 0 Å². The van der Waals surface area contributed by atoms with Crippen molar-refractivity contribution in [1.29, 1.82) is 0 Å². The van der Waals surface area contributed by atoms with Crippen molar-refractivity contribution in [2.45, 2.75) is 6.42 Å². The van der Waals surface area contributed by atoms with E-state index >= 15 is 0 Å². The van der Waals surface area contributed by atoms with Crippen LogP contribution in [-0.2, 0) is 6.42 Å². The van der Waals surface area contributed by atoms with Crippen LogP contribution < -0.4 is 0 Å². The number of halogens is 1. The zero-order valence-corrected chi connectivity index (χ0v) is 9.76. The molecule has 0 spiro atoms. The van der Waals surface area contributed by atoms with Crippen LogP contribution >= 0.6 is 22.9 Å². The van der Waals surface area contributed by atoms with Gasteiger partial charge in [0.05, 0.1) is 10.6 Å². The van der Waals surface area contributed by atoms with Crippen molar-refractivity contribution >= 4 is 28.9 Å². The molecular formula is C11H8ClNO2S. The Labute approximate surface area is 101 Å². The van der Waals surface area contributed by atoms with Crippen molar-refractivity contribution in [3.63, 3.8) is 0 Å². The highest BCUT2D eigenvalue weighted by molar-refractivity contribution is 7.09. The molecular weight excluding hydrogens is 246 g/mol. The molecule has 0 fully saturated rings. The first-order valence-corrected chi connectivity index (χ1v) is 5.82. The van der Waals surface area contributed by atoms with Gasteiger partial charge in [0.15, 0.2) is 0 Å². The average Bonchev–Trinajstić information content (AvgIpc) is 2.73. The lowest BCUT2D eigenvalue weighted by molar-refractivity contribution is 0.0697. The van der Waals surface area contributed by atoms with Crippen LogP contribution in [0.4, 0.5) is 0 Å². The van der Waals surface area contributed by atoms with Crippen LogP contribution in [-0.4, -0.2) is 16.1 Å². The van der Waals surface area contributed by atoms with Gasteiger partial charge in [-0.1, -0.05) is 17.7 Å². The zero-order chi connectivity index (χ0) is 11.5. The van der Waals surface area contributed by atoms with Crippen LogP contribution in [0.2, 0.25) is 5.02 Å². The third-order valence-corrected chi connectivity index (χ3v) is 3.26. The fourth-order valence-electron chi connectivity index (χ4n) is 1.33. The van der Waals surface area contributed by atoms with Gasteiger partial charge in [-0.2, -0.15) is 0 Å². The largest absolute Gasteiger partial charge is 0.478 e. The summed E-state index contributed by atoms with van der Waals surface area (Å²) in [6.45, 7) is 0. The summed E-state index contributed by atoms with van der Waals surface area (Å²) in [4.78, 5) is 14.9. The van der Waals surface area contributed by atoms with Gasteiger partial charge in [0.25, 0.3) is 0 Å². The lowest BCUT2D eigenvalue weighted by Crippen LogP contribution is -1.97. The van der Waals surface area contributed by atoms with Crippen LogP contribution in [0.3, 0.4) is 0 Å². The van der Waals surface area contributed by atoms with Gasteiger partial charge < -0.3 is 5.11 Å². The Hall–Kier alpha value is -1.39. The minimum atomic E-state index is -0.970. The molecule has 0 saturated heterocycles. The average molecular weight is 254 g/mol. The number of carboxylic acid groups (broad SMARTS) is 1. The number of carboxylic acids is 1. The van der Waals surface area contributed by atoms with E-state index in [0.717, 1.165) is 10.6 Å². The van der Waals surface area contributed by atoms with E-state index < -0.39 is 5.97 Å². The highest BCUT2D eigenvalue weighted by atomic mass is 35.5. The summed E-state index contributed by atoms with van der Waals surface area (Å²) in [6, 6.07) is 4.75. The Morgan fingerprint density at radius 3 is 2.88 bits per heavy atom. The Morgan fingerprint density at radius 2 is 2.31 bits per heavy atom. The first kappa shape index (κ1) is 11.1. The van der Waals surface area contributed by atoms with Crippen LogP contribution in [0.25, 0.3) is 0 Å². The molecule has 0 aliphatic carbocycles. The normalized spacial score (nSPS) is 10.3. The molecule has 16 heavy (non-hydrogen) atoms. The smallest absolute Gasteiger partial charge is 0.335 e. The number of carbonyl (C=O) groups is 1. The Balaban J connectivity index is 2.26. The van der Waals surface area contributed by atoms with Gasteiger partial charge in [-0.3, -0.25) is 0 Å². The second kappa shape index (κ2) is 4.63. The van der Waals surface area contributed by atoms with Crippen LogP contribution in [0.15, 0.2) is 29.8 Å². The van der Waals surface area contributed by atoms with E-state index in [1.165, 1.54) is 6.07 Å². The topological polar surface area (TPSA) is 50.2 Å². The molecule has 1 heterocycles. The Bertz CT molecular complexity index is 511. The number of rotatable bonds is 3. The van der Waals surface area contributed by atoms with Crippen molar-refractivity contribution in [2.75, 3.05) is 0 Å². The molecule has 5 heteroatoms. The van der Waals surface area contributed by atoms with Gasteiger partial charge in [0, 0.05) is 23.0 Å². The van der Waals surface area contributed by atoms with E-state index in [2.05, 4.69) is 4.98 Å². The fraction of sp³-hybridized carbons (Fsp3) is 0.0909. The molecule has 0 amide bonds. The van der Waals surface area contributed by atoms with E-state index in [1.54, 1.807) is 29.7 Å². The summed E-state index contributed by atoms with van der Waals surface area (Å²) in [5.74, 6) is -0.970. The van der Waals surface area contributed by atoms with Crippen molar-refractivity contribution < 1.29 is 9.90 Å². The number of aromatic nitrogens is 1. The predicted octanol–water partition coefficient (Wildman–Crippen LogP) is 3.09. The lowest BCUT2D eigenvalue weighted by Gasteiger charge is -2.03. The summed E-state index contributed by atoms with van der Waals surface area (Å²) in [5, 5.41) is 12.1. The van der Waals surface area contributed by atoms with Crippen molar-refractivity contribution in [3.8, 4) is 0 Å².